The second kappa shape index (κ2) is 8.52. The smallest absolute Gasteiger partial charge is 0.410 e. The minimum Gasteiger partial charge on any atom is -0.469 e. The number of piperidine rings is 1. The summed E-state index contributed by atoms with van der Waals surface area (Å²) >= 11 is 6.10. The number of pyridine rings is 1. The van der Waals surface area contributed by atoms with E-state index in [2.05, 4.69) is 4.98 Å². The van der Waals surface area contributed by atoms with Crippen LogP contribution in [0.15, 0.2) is 6.07 Å². The van der Waals surface area contributed by atoms with Gasteiger partial charge in [-0.15, -0.1) is 0 Å². The molecule has 0 bridgehead atoms. The number of amides is 1. The molecule has 31 heavy (non-hydrogen) atoms. The van der Waals surface area contributed by atoms with Gasteiger partial charge in [-0.05, 0) is 39.7 Å². The molecule has 10 heteroatoms. The molecule has 0 saturated carbocycles. The summed E-state index contributed by atoms with van der Waals surface area (Å²) in [4.78, 5) is 30.7. The summed E-state index contributed by atoms with van der Waals surface area (Å²) in [5.74, 6) is -1.22. The van der Waals surface area contributed by atoms with E-state index in [4.69, 9.17) is 25.8 Å². The molecule has 3 heterocycles. The van der Waals surface area contributed by atoms with Crippen molar-refractivity contribution in [3.63, 3.8) is 0 Å². The molecule has 1 amide bonds. The summed E-state index contributed by atoms with van der Waals surface area (Å²) in [5, 5.41) is 10.5. The highest BCUT2D eigenvalue weighted by Crippen LogP contribution is 2.39. The molecule has 0 unspecified atom stereocenters. The lowest BCUT2D eigenvalue weighted by Gasteiger charge is -2.40. The zero-order valence-corrected chi connectivity index (χ0v) is 18.9. The lowest BCUT2D eigenvalue weighted by Crippen LogP contribution is -2.49. The van der Waals surface area contributed by atoms with Crippen molar-refractivity contribution in [3.05, 3.63) is 28.3 Å². The van der Waals surface area contributed by atoms with Gasteiger partial charge in [0.25, 0.3) is 0 Å². The number of esters is 1. The quantitative estimate of drug-likeness (QED) is 0.547. The number of ether oxygens (including phenoxy) is 3. The van der Waals surface area contributed by atoms with Crippen LogP contribution >= 0.6 is 11.6 Å². The third kappa shape index (κ3) is 4.94. The molecular weight excluding hydrogens is 431 g/mol. The fourth-order valence-electron chi connectivity index (χ4n) is 3.89. The molecule has 0 aromatic carbocycles. The summed E-state index contributed by atoms with van der Waals surface area (Å²) < 4.78 is 30.7. The van der Waals surface area contributed by atoms with E-state index < -0.39 is 34.5 Å². The average molecular weight is 459 g/mol. The standard InChI is InChI=1S/C21H28ClFN2O6/c1-19(2,3)31-18(27)25-7-5-20(6-8-25,17(26)29-4)10-14-16(23)13(9-15(22)24-14)21(28)11-30-12-21/h9,28H,5-8,10-12H2,1-4H3. The molecule has 1 aromatic rings. The second-order valence-corrected chi connectivity index (χ2v) is 9.58. The van der Waals surface area contributed by atoms with Gasteiger partial charge in [0.2, 0.25) is 0 Å². The molecule has 2 fully saturated rings. The van der Waals surface area contributed by atoms with Gasteiger partial charge in [0.05, 0.1) is 31.4 Å². The van der Waals surface area contributed by atoms with Crippen molar-refractivity contribution in [1.82, 2.24) is 9.88 Å². The predicted octanol–water partition coefficient (Wildman–Crippen LogP) is 2.82. The number of halogens is 2. The Bertz CT molecular complexity index is 860. The van der Waals surface area contributed by atoms with E-state index in [-0.39, 0.29) is 62.0 Å². The van der Waals surface area contributed by atoms with Crippen molar-refractivity contribution in [2.75, 3.05) is 33.4 Å². The maximum absolute atomic E-state index is 15.3. The van der Waals surface area contributed by atoms with Gasteiger partial charge in [0.15, 0.2) is 5.82 Å². The SMILES string of the molecule is COC(=O)C1(Cc2nc(Cl)cc(C3(O)COC3)c2F)CCN(C(=O)OC(C)(C)C)CC1. The Morgan fingerprint density at radius 1 is 1.32 bits per heavy atom. The highest BCUT2D eigenvalue weighted by atomic mass is 35.5. The number of rotatable bonds is 4. The monoisotopic (exact) mass is 458 g/mol. The Morgan fingerprint density at radius 2 is 1.94 bits per heavy atom. The van der Waals surface area contributed by atoms with E-state index in [0.29, 0.717) is 0 Å². The van der Waals surface area contributed by atoms with Crippen molar-refractivity contribution < 1.29 is 33.3 Å². The van der Waals surface area contributed by atoms with Gasteiger partial charge < -0.3 is 24.2 Å². The number of aliphatic hydroxyl groups is 1. The van der Waals surface area contributed by atoms with Crippen molar-refractivity contribution >= 4 is 23.7 Å². The highest BCUT2D eigenvalue weighted by Gasteiger charge is 2.46. The Morgan fingerprint density at radius 3 is 2.42 bits per heavy atom. The van der Waals surface area contributed by atoms with E-state index in [9.17, 15) is 14.7 Å². The molecule has 0 aliphatic carbocycles. The van der Waals surface area contributed by atoms with Gasteiger partial charge in [-0.25, -0.2) is 14.2 Å². The first-order chi connectivity index (χ1) is 14.4. The molecule has 0 atom stereocenters. The number of nitrogens with zero attached hydrogens (tertiary/aromatic N) is 2. The Kier molecular flexibility index (Phi) is 6.51. The topological polar surface area (TPSA) is 98.2 Å². The summed E-state index contributed by atoms with van der Waals surface area (Å²) in [6.45, 7) is 5.74. The minimum atomic E-state index is -1.47. The van der Waals surface area contributed by atoms with Gasteiger partial charge >= 0.3 is 12.1 Å². The molecular formula is C21H28ClFN2O6. The molecule has 3 rings (SSSR count). The molecule has 2 aliphatic rings. The molecule has 2 saturated heterocycles. The van der Waals surface area contributed by atoms with Crippen LogP contribution in [-0.4, -0.2) is 66.1 Å². The van der Waals surface area contributed by atoms with Gasteiger partial charge in [0.1, 0.15) is 16.4 Å². The van der Waals surface area contributed by atoms with Crippen LogP contribution in [0.2, 0.25) is 5.15 Å². The molecule has 1 aromatic heterocycles. The first kappa shape index (κ1) is 23.7. The normalized spacial score (nSPS) is 20.0. The summed E-state index contributed by atoms with van der Waals surface area (Å²) in [5.41, 5.74) is -3.21. The van der Waals surface area contributed by atoms with Gasteiger partial charge in [-0.3, -0.25) is 4.79 Å². The summed E-state index contributed by atoms with van der Waals surface area (Å²) in [7, 11) is 1.27. The van der Waals surface area contributed by atoms with Crippen molar-refractivity contribution in [2.45, 2.75) is 51.2 Å². The fraction of sp³-hybridized carbons (Fsp3) is 0.667. The van der Waals surface area contributed by atoms with Crippen LogP contribution in [0, 0.1) is 11.2 Å². The molecule has 8 nitrogen and oxygen atoms in total. The zero-order valence-electron chi connectivity index (χ0n) is 18.2. The van der Waals surface area contributed by atoms with E-state index in [0.717, 1.165) is 0 Å². The first-order valence-corrected chi connectivity index (χ1v) is 10.5. The average Bonchev–Trinajstić information content (AvgIpc) is 2.67. The predicted molar refractivity (Wildman–Crippen MR) is 109 cm³/mol. The number of aromatic nitrogens is 1. The Balaban J connectivity index is 1.84. The van der Waals surface area contributed by atoms with Crippen molar-refractivity contribution in [3.8, 4) is 0 Å². The molecule has 0 spiro atoms. The van der Waals surface area contributed by atoms with Gasteiger partial charge in [-0.1, -0.05) is 11.6 Å². The minimum absolute atomic E-state index is 0.0000400. The van der Waals surface area contributed by atoms with Gasteiger partial charge in [-0.2, -0.15) is 0 Å². The molecule has 0 radical (unpaired) electrons. The summed E-state index contributed by atoms with van der Waals surface area (Å²) in [6, 6.07) is 1.28. The lowest BCUT2D eigenvalue weighted by atomic mass is 9.74. The van der Waals surface area contributed by atoms with E-state index >= 15 is 4.39 Å². The van der Waals surface area contributed by atoms with Crippen molar-refractivity contribution in [1.29, 1.82) is 0 Å². The molecule has 172 valence electrons. The third-order valence-electron chi connectivity index (χ3n) is 5.67. The molecule has 2 aliphatic heterocycles. The summed E-state index contributed by atoms with van der Waals surface area (Å²) in [6.07, 6.45) is -0.0459. The van der Waals surface area contributed by atoms with Gasteiger partial charge in [0, 0.05) is 25.1 Å². The van der Waals surface area contributed by atoms with Crippen LogP contribution in [0.4, 0.5) is 9.18 Å². The van der Waals surface area contributed by atoms with E-state index in [1.54, 1.807) is 20.8 Å². The number of hydrogen-bond donors (Lipinski definition) is 1. The maximum atomic E-state index is 15.3. The number of likely N-dealkylation sites (tertiary alicyclic amines) is 1. The van der Waals surface area contributed by atoms with Crippen molar-refractivity contribution in [2.24, 2.45) is 5.41 Å². The second-order valence-electron chi connectivity index (χ2n) is 9.19. The lowest BCUT2D eigenvalue weighted by molar-refractivity contribution is -0.186. The van der Waals surface area contributed by atoms with Crippen LogP contribution in [0.25, 0.3) is 0 Å². The fourth-order valence-corrected chi connectivity index (χ4v) is 4.10. The Labute approximate surface area is 185 Å². The first-order valence-electron chi connectivity index (χ1n) is 10.1. The van der Waals surface area contributed by atoms with Crippen LogP contribution in [0.5, 0.6) is 0 Å². The van der Waals surface area contributed by atoms with Crippen LogP contribution < -0.4 is 0 Å². The number of hydrogen-bond acceptors (Lipinski definition) is 7. The van der Waals surface area contributed by atoms with E-state index in [1.165, 1.54) is 18.1 Å². The largest absolute Gasteiger partial charge is 0.469 e. The highest BCUT2D eigenvalue weighted by molar-refractivity contribution is 6.29. The maximum Gasteiger partial charge on any atom is 0.410 e. The number of methoxy groups -OCH3 is 1. The van der Waals surface area contributed by atoms with E-state index in [1.807, 2.05) is 0 Å². The zero-order chi connectivity index (χ0) is 23.0. The van der Waals surface area contributed by atoms with Crippen LogP contribution in [0.1, 0.15) is 44.9 Å². The molecule has 1 N–H and O–H groups in total. The third-order valence-corrected chi connectivity index (χ3v) is 5.87. The Hall–Kier alpha value is -1.97. The van der Waals surface area contributed by atoms with Crippen LogP contribution in [0.3, 0.4) is 0 Å². The number of carbonyl (C=O) groups is 2. The number of carbonyl (C=O) groups excluding carboxylic acids is 2. The van der Waals surface area contributed by atoms with Crippen LogP contribution in [-0.2, 0) is 31.0 Å².